The van der Waals surface area contributed by atoms with Crippen LogP contribution in [-0.4, -0.2) is 42.4 Å². The number of alkyl carbamates (subject to hydrolysis) is 1. The molecule has 1 amide bonds. The normalized spacial score (nSPS) is 21.2. The van der Waals surface area contributed by atoms with Crippen LogP contribution in [0.2, 0.25) is 0 Å². The molecule has 0 aliphatic heterocycles. The number of carbonyl (C=O) groups excluding carboxylic acids is 1. The highest BCUT2D eigenvalue weighted by molar-refractivity contribution is 7.90. The smallest absolute Gasteiger partial charge is 0.407 e. The van der Waals surface area contributed by atoms with Crippen LogP contribution >= 0.6 is 0 Å². The van der Waals surface area contributed by atoms with Crippen LogP contribution in [0.3, 0.4) is 0 Å². The number of hydrogen-bond acceptors (Lipinski definition) is 6. The lowest BCUT2D eigenvalue weighted by Crippen LogP contribution is -2.42. The second-order valence-electron chi connectivity index (χ2n) is 8.27. The molecule has 1 aliphatic rings. The van der Waals surface area contributed by atoms with Crippen molar-refractivity contribution < 1.29 is 26.7 Å². The second-order valence-corrected chi connectivity index (χ2v) is 10.2. The Morgan fingerprint density at radius 3 is 2.25 bits per heavy atom. The summed E-state index contributed by atoms with van der Waals surface area (Å²) in [6, 6.07) is 0.889. The third-order valence-corrected chi connectivity index (χ3v) is 5.31. The van der Waals surface area contributed by atoms with Crippen molar-refractivity contribution in [3.05, 3.63) is 17.5 Å². The number of alkyl halides is 2. The van der Waals surface area contributed by atoms with E-state index in [9.17, 15) is 13.2 Å². The largest absolute Gasteiger partial charge is 0.444 e. The topological polar surface area (TPSA) is 98.2 Å². The fraction of sp³-hybridized carbons (Fsp3) is 0.722. The SMILES string of the molecule is Cc1cc(C(F)(F)C2CCC(NC(=O)OC(C)(C)C)CC2)nc(S(C)(=O)=O)n1. The molecule has 0 aromatic carbocycles. The Kier molecular flexibility index (Phi) is 6.32. The van der Waals surface area contributed by atoms with E-state index in [1.54, 1.807) is 20.8 Å². The molecule has 158 valence electrons. The fourth-order valence-corrected chi connectivity index (χ4v) is 3.74. The van der Waals surface area contributed by atoms with E-state index in [0.29, 0.717) is 12.8 Å². The lowest BCUT2D eigenvalue weighted by Gasteiger charge is -2.34. The highest BCUT2D eigenvalue weighted by Crippen LogP contribution is 2.43. The van der Waals surface area contributed by atoms with E-state index in [-0.39, 0.29) is 24.6 Å². The molecule has 0 unspecified atom stereocenters. The molecular weight excluding hydrogens is 392 g/mol. The minimum atomic E-state index is -3.79. The van der Waals surface area contributed by atoms with Gasteiger partial charge in [-0.2, -0.15) is 8.78 Å². The van der Waals surface area contributed by atoms with Gasteiger partial charge < -0.3 is 10.1 Å². The van der Waals surface area contributed by atoms with E-state index in [1.807, 2.05) is 0 Å². The summed E-state index contributed by atoms with van der Waals surface area (Å²) in [4.78, 5) is 19.2. The van der Waals surface area contributed by atoms with Gasteiger partial charge in [-0.05, 0) is 59.4 Å². The maximum atomic E-state index is 15.0. The lowest BCUT2D eigenvalue weighted by molar-refractivity contribution is -0.0842. The Hall–Kier alpha value is -1.84. The van der Waals surface area contributed by atoms with E-state index < -0.39 is 44.2 Å². The zero-order valence-corrected chi connectivity index (χ0v) is 17.6. The van der Waals surface area contributed by atoms with Crippen LogP contribution in [0, 0.1) is 12.8 Å². The molecule has 0 radical (unpaired) electrons. The van der Waals surface area contributed by atoms with Gasteiger partial charge >= 0.3 is 6.09 Å². The Labute approximate surface area is 164 Å². The molecular formula is C18H27F2N3O4S. The number of hydrogen-bond donors (Lipinski definition) is 1. The minimum absolute atomic E-state index is 0.171. The summed E-state index contributed by atoms with van der Waals surface area (Å²) in [7, 11) is -3.79. The molecule has 1 saturated carbocycles. The molecule has 0 spiro atoms. The average Bonchev–Trinajstić information content (AvgIpc) is 2.52. The van der Waals surface area contributed by atoms with Crippen LogP contribution in [-0.2, 0) is 20.5 Å². The molecule has 7 nitrogen and oxygen atoms in total. The number of ether oxygens (including phenoxy) is 1. The van der Waals surface area contributed by atoms with Crippen LogP contribution in [0.15, 0.2) is 11.2 Å². The zero-order chi connectivity index (χ0) is 21.3. The summed E-state index contributed by atoms with van der Waals surface area (Å²) in [6.07, 6.45) is 1.42. The standard InChI is InChI=1S/C18H27F2N3O4S/c1-11-10-14(23-15(21-11)28(5,25)26)18(19,20)12-6-8-13(9-7-12)22-16(24)27-17(2,3)4/h10,12-13H,6-9H2,1-5H3,(H,22,24). The lowest BCUT2D eigenvalue weighted by atomic mass is 9.81. The van der Waals surface area contributed by atoms with Crippen LogP contribution in [0.5, 0.6) is 0 Å². The van der Waals surface area contributed by atoms with Crippen molar-refractivity contribution >= 4 is 15.9 Å². The van der Waals surface area contributed by atoms with Gasteiger partial charge in [-0.1, -0.05) is 0 Å². The predicted octanol–water partition coefficient (Wildman–Crippen LogP) is 3.36. The van der Waals surface area contributed by atoms with Crippen LogP contribution < -0.4 is 5.32 Å². The number of nitrogens with one attached hydrogen (secondary N) is 1. The van der Waals surface area contributed by atoms with Gasteiger partial charge in [-0.3, -0.25) is 0 Å². The van der Waals surface area contributed by atoms with Crippen molar-refractivity contribution in [2.24, 2.45) is 5.92 Å². The van der Waals surface area contributed by atoms with E-state index >= 15 is 8.78 Å². The average molecular weight is 419 g/mol. The Morgan fingerprint density at radius 2 is 1.75 bits per heavy atom. The quantitative estimate of drug-likeness (QED) is 0.752. The summed E-state index contributed by atoms with van der Waals surface area (Å²) < 4.78 is 58.5. The van der Waals surface area contributed by atoms with Crippen molar-refractivity contribution in [3.63, 3.8) is 0 Å². The molecule has 2 rings (SSSR count). The monoisotopic (exact) mass is 419 g/mol. The first-order chi connectivity index (χ1) is 12.7. The van der Waals surface area contributed by atoms with Gasteiger partial charge in [0.25, 0.3) is 5.92 Å². The highest BCUT2D eigenvalue weighted by Gasteiger charge is 2.45. The van der Waals surface area contributed by atoms with Gasteiger partial charge in [0.1, 0.15) is 11.3 Å². The van der Waals surface area contributed by atoms with Gasteiger partial charge in [0.05, 0.1) is 0 Å². The van der Waals surface area contributed by atoms with E-state index in [4.69, 9.17) is 4.74 Å². The Balaban J connectivity index is 2.07. The van der Waals surface area contributed by atoms with Gasteiger partial charge in [-0.15, -0.1) is 0 Å². The van der Waals surface area contributed by atoms with Crippen molar-refractivity contribution in [2.45, 2.75) is 76.1 Å². The summed E-state index contributed by atoms with van der Waals surface area (Å²) in [6.45, 7) is 6.70. The van der Waals surface area contributed by atoms with E-state index in [1.165, 1.54) is 6.92 Å². The van der Waals surface area contributed by atoms with Crippen molar-refractivity contribution in [3.8, 4) is 0 Å². The molecule has 1 heterocycles. The van der Waals surface area contributed by atoms with Gasteiger partial charge in [0.15, 0.2) is 0 Å². The number of nitrogens with zero attached hydrogens (tertiary/aromatic N) is 2. The van der Waals surface area contributed by atoms with Crippen molar-refractivity contribution in [1.82, 2.24) is 15.3 Å². The minimum Gasteiger partial charge on any atom is -0.444 e. The van der Waals surface area contributed by atoms with Gasteiger partial charge in [0, 0.05) is 23.9 Å². The molecule has 1 N–H and O–H groups in total. The molecule has 0 bridgehead atoms. The Bertz CT molecular complexity index is 830. The number of aryl methyl sites for hydroxylation is 1. The number of sulfone groups is 1. The molecule has 0 atom stereocenters. The molecule has 28 heavy (non-hydrogen) atoms. The van der Waals surface area contributed by atoms with E-state index in [0.717, 1.165) is 12.3 Å². The number of halogens is 2. The fourth-order valence-electron chi connectivity index (χ4n) is 3.16. The van der Waals surface area contributed by atoms with Crippen LogP contribution in [0.1, 0.15) is 57.8 Å². The third kappa shape index (κ3) is 5.83. The molecule has 1 aliphatic carbocycles. The molecule has 1 aromatic rings. The molecule has 1 fully saturated rings. The predicted molar refractivity (Wildman–Crippen MR) is 98.9 cm³/mol. The highest BCUT2D eigenvalue weighted by atomic mass is 32.2. The van der Waals surface area contributed by atoms with E-state index in [2.05, 4.69) is 15.3 Å². The number of aromatic nitrogens is 2. The number of rotatable bonds is 4. The molecule has 1 aromatic heterocycles. The van der Waals surface area contributed by atoms with Crippen molar-refractivity contribution in [1.29, 1.82) is 0 Å². The number of amides is 1. The second kappa shape index (κ2) is 7.88. The zero-order valence-electron chi connectivity index (χ0n) is 16.8. The molecule has 0 saturated heterocycles. The summed E-state index contributed by atoms with van der Waals surface area (Å²) >= 11 is 0. The first kappa shape index (κ1) is 22.4. The summed E-state index contributed by atoms with van der Waals surface area (Å²) in [5, 5.41) is 2.12. The maximum absolute atomic E-state index is 15.0. The maximum Gasteiger partial charge on any atom is 0.407 e. The van der Waals surface area contributed by atoms with Crippen LogP contribution in [0.25, 0.3) is 0 Å². The van der Waals surface area contributed by atoms with Gasteiger partial charge in [-0.25, -0.2) is 23.2 Å². The molecule has 10 heteroatoms. The Morgan fingerprint density at radius 1 is 1.18 bits per heavy atom. The summed E-state index contributed by atoms with van der Waals surface area (Å²) in [5.41, 5.74) is -1.04. The summed E-state index contributed by atoms with van der Waals surface area (Å²) in [5.74, 6) is -4.28. The third-order valence-electron chi connectivity index (χ3n) is 4.47. The van der Waals surface area contributed by atoms with Crippen molar-refractivity contribution in [2.75, 3.05) is 6.26 Å². The van der Waals surface area contributed by atoms with Gasteiger partial charge in [0.2, 0.25) is 15.0 Å². The first-order valence-corrected chi connectivity index (χ1v) is 11.0. The first-order valence-electron chi connectivity index (χ1n) is 9.12. The number of carbonyl (C=O) groups is 1. The van der Waals surface area contributed by atoms with Crippen LogP contribution in [0.4, 0.5) is 13.6 Å².